The molecule has 0 radical (unpaired) electrons. The standard InChI is InChI=1S/C16H27NO4/c1-10(2)13(15(20)21-16(3,4)5)17(6)14(19)12-7-11(8-12)9-18/h9-13H,7-8H2,1-6H3/t11?,12?,13-/m0/s1. The van der Waals surface area contributed by atoms with Crippen molar-refractivity contribution in [1.82, 2.24) is 4.90 Å². The molecule has 5 nitrogen and oxygen atoms in total. The molecule has 21 heavy (non-hydrogen) atoms. The first-order valence-corrected chi connectivity index (χ1v) is 7.51. The van der Waals surface area contributed by atoms with Crippen LogP contribution in [-0.2, 0) is 19.1 Å². The molecule has 5 heteroatoms. The van der Waals surface area contributed by atoms with E-state index in [0.717, 1.165) is 6.29 Å². The molecule has 1 amide bonds. The average Bonchev–Trinajstić information content (AvgIpc) is 2.24. The molecule has 120 valence electrons. The van der Waals surface area contributed by atoms with Crippen molar-refractivity contribution in [3.8, 4) is 0 Å². The highest BCUT2D eigenvalue weighted by atomic mass is 16.6. The van der Waals surface area contributed by atoms with Gasteiger partial charge in [0.25, 0.3) is 0 Å². The van der Waals surface area contributed by atoms with E-state index in [0.29, 0.717) is 12.8 Å². The van der Waals surface area contributed by atoms with E-state index in [9.17, 15) is 14.4 Å². The minimum absolute atomic E-state index is 0.00798. The lowest BCUT2D eigenvalue weighted by atomic mass is 9.75. The van der Waals surface area contributed by atoms with E-state index in [1.807, 2.05) is 34.6 Å². The Balaban J connectivity index is 2.74. The SMILES string of the molecule is CC(C)[C@@H](C(=O)OC(C)(C)C)N(C)C(=O)C1CC(C=O)C1. The van der Waals surface area contributed by atoms with E-state index in [1.54, 1.807) is 7.05 Å². The first kappa shape index (κ1) is 17.7. The molecule has 0 unspecified atom stereocenters. The predicted molar refractivity (Wildman–Crippen MR) is 79.5 cm³/mol. The van der Waals surface area contributed by atoms with Gasteiger partial charge in [0.05, 0.1) is 0 Å². The van der Waals surface area contributed by atoms with Crippen LogP contribution in [0.2, 0.25) is 0 Å². The molecule has 1 aliphatic carbocycles. The Hall–Kier alpha value is -1.39. The molecular weight excluding hydrogens is 270 g/mol. The molecule has 0 saturated heterocycles. The summed E-state index contributed by atoms with van der Waals surface area (Å²) >= 11 is 0. The van der Waals surface area contributed by atoms with Crippen LogP contribution in [0.4, 0.5) is 0 Å². The first-order valence-electron chi connectivity index (χ1n) is 7.51. The van der Waals surface area contributed by atoms with Gasteiger partial charge in [0.1, 0.15) is 17.9 Å². The van der Waals surface area contributed by atoms with Gasteiger partial charge in [-0.2, -0.15) is 0 Å². The summed E-state index contributed by atoms with van der Waals surface area (Å²) in [5.74, 6) is -0.631. The molecule has 0 heterocycles. The third kappa shape index (κ3) is 4.55. The molecule has 0 aromatic carbocycles. The summed E-state index contributed by atoms with van der Waals surface area (Å²) in [5, 5.41) is 0. The zero-order valence-electron chi connectivity index (χ0n) is 13.9. The summed E-state index contributed by atoms with van der Waals surface area (Å²) in [5.41, 5.74) is -0.576. The Kier molecular flexibility index (Phi) is 5.54. The fourth-order valence-electron chi connectivity index (χ4n) is 2.64. The normalized spacial score (nSPS) is 23.2. The van der Waals surface area contributed by atoms with E-state index in [2.05, 4.69) is 0 Å². The van der Waals surface area contributed by atoms with Gasteiger partial charge in [0.15, 0.2) is 0 Å². The average molecular weight is 297 g/mol. The number of ether oxygens (including phenoxy) is 1. The lowest BCUT2D eigenvalue weighted by Crippen LogP contribution is -2.51. The summed E-state index contributed by atoms with van der Waals surface area (Å²) in [6.45, 7) is 9.22. The highest BCUT2D eigenvalue weighted by Crippen LogP contribution is 2.34. The van der Waals surface area contributed by atoms with Crippen LogP contribution >= 0.6 is 0 Å². The largest absolute Gasteiger partial charge is 0.458 e. The maximum Gasteiger partial charge on any atom is 0.329 e. The van der Waals surface area contributed by atoms with Crippen molar-refractivity contribution in [2.75, 3.05) is 7.05 Å². The van der Waals surface area contributed by atoms with Crippen molar-refractivity contribution < 1.29 is 19.1 Å². The Morgan fingerprint density at radius 1 is 1.24 bits per heavy atom. The molecule has 0 aromatic rings. The van der Waals surface area contributed by atoms with Gasteiger partial charge in [-0.15, -0.1) is 0 Å². The van der Waals surface area contributed by atoms with E-state index in [1.165, 1.54) is 4.90 Å². The predicted octanol–water partition coefficient (Wildman–Crippen LogP) is 2.04. The third-order valence-corrected chi connectivity index (χ3v) is 3.76. The highest BCUT2D eigenvalue weighted by molar-refractivity contribution is 5.87. The molecule has 0 aliphatic heterocycles. The lowest BCUT2D eigenvalue weighted by Gasteiger charge is -2.38. The van der Waals surface area contributed by atoms with Gasteiger partial charge in [-0.1, -0.05) is 13.8 Å². The lowest BCUT2D eigenvalue weighted by molar-refractivity contribution is -0.167. The fourth-order valence-corrected chi connectivity index (χ4v) is 2.64. The van der Waals surface area contributed by atoms with Crippen LogP contribution in [-0.4, -0.2) is 41.8 Å². The number of amides is 1. The smallest absolute Gasteiger partial charge is 0.329 e. The molecule has 1 rings (SSSR count). The van der Waals surface area contributed by atoms with Crippen LogP contribution in [0.15, 0.2) is 0 Å². The summed E-state index contributed by atoms with van der Waals surface area (Å²) in [6.07, 6.45) is 2.08. The van der Waals surface area contributed by atoms with Crippen molar-refractivity contribution in [1.29, 1.82) is 0 Å². The minimum atomic E-state index is -0.591. The second-order valence-electron chi connectivity index (χ2n) is 7.24. The van der Waals surface area contributed by atoms with Crippen LogP contribution in [0.1, 0.15) is 47.5 Å². The third-order valence-electron chi connectivity index (χ3n) is 3.76. The molecule has 1 aliphatic rings. The summed E-state index contributed by atoms with van der Waals surface area (Å²) in [6, 6.07) is -0.591. The van der Waals surface area contributed by atoms with E-state index in [4.69, 9.17) is 4.74 Å². The molecular formula is C16H27NO4. The van der Waals surface area contributed by atoms with Crippen molar-refractivity contribution in [3.63, 3.8) is 0 Å². The maximum absolute atomic E-state index is 12.4. The van der Waals surface area contributed by atoms with Gasteiger partial charge in [0.2, 0.25) is 5.91 Å². The van der Waals surface area contributed by atoms with Gasteiger partial charge in [0, 0.05) is 18.9 Å². The monoisotopic (exact) mass is 297 g/mol. The second-order valence-corrected chi connectivity index (χ2v) is 7.24. The number of aldehydes is 1. The van der Waals surface area contributed by atoms with E-state index < -0.39 is 11.6 Å². The number of esters is 1. The number of hydrogen-bond donors (Lipinski definition) is 0. The number of carbonyl (C=O) groups is 3. The van der Waals surface area contributed by atoms with Gasteiger partial charge >= 0.3 is 5.97 Å². The quantitative estimate of drug-likeness (QED) is 0.575. The van der Waals surface area contributed by atoms with Gasteiger partial charge < -0.3 is 14.4 Å². The van der Waals surface area contributed by atoms with E-state index in [-0.39, 0.29) is 29.6 Å². The van der Waals surface area contributed by atoms with Crippen LogP contribution in [0.3, 0.4) is 0 Å². The molecule has 1 saturated carbocycles. The molecule has 1 fully saturated rings. The van der Waals surface area contributed by atoms with Gasteiger partial charge in [-0.05, 0) is 39.5 Å². The summed E-state index contributed by atoms with van der Waals surface area (Å²) < 4.78 is 5.42. The zero-order chi connectivity index (χ0) is 16.4. The fraction of sp³-hybridized carbons (Fsp3) is 0.812. The van der Waals surface area contributed by atoms with Crippen LogP contribution < -0.4 is 0 Å². The van der Waals surface area contributed by atoms with Gasteiger partial charge in [-0.25, -0.2) is 4.79 Å². The minimum Gasteiger partial charge on any atom is -0.458 e. The Bertz CT molecular complexity index is 405. The molecule has 1 atom stereocenters. The Morgan fingerprint density at radius 2 is 1.76 bits per heavy atom. The van der Waals surface area contributed by atoms with Crippen LogP contribution in [0.25, 0.3) is 0 Å². The molecule has 0 aromatic heterocycles. The maximum atomic E-state index is 12.4. The van der Waals surface area contributed by atoms with Crippen LogP contribution in [0.5, 0.6) is 0 Å². The molecule has 0 bridgehead atoms. The van der Waals surface area contributed by atoms with E-state index >= 15 is 0 Å². The number of likely N-dealkylation sites (N-methyl/N-ethyl adjacent to an activating group) is 1. The number of rotatable bonds is 5. The Morgan fingerprint density at radius 3 is 2.14 bits per heavy atom. The highest BCUT2D eigenvalue weighted by Gasteiger charge is 2.40. The van der Waals surface area contributed by atoms with Crippen molar-refractivity contribution in [2.24, 2.45) is 17.8 Å². The van der Waals surface area contributed by atoms with Crippen LogP contribution in [0, 0.1) is 17.8 Å². The topological polar surface area (TPSA) is 63.7 Å². The van der Waals surface area contributed by atoms with Crippen molar-refractivity contribution in [2.45, 2.75) is 59.1 Å². The Labute approximate surface area is 127 Å². The number of hydrogen-bond acceptors (Lipinski definition) is 4. The number of nitrogens with zero attached hydrogens (tertiary/aromatic N) is 1. The molecule has 0 N–H and O–H groups in total. The zero-order valence-corrected chi connectivity index (χ0v) is 13.9. The van der Waals surface area contributed by atoms with Crippen molar-refractivity contribution in [3.05, 3.63) is 0 Å². The molecule has 0 spiro atoms. The first-order chi connectivity index (χ1) is 9.56. The summed E-state index contributed by atoms with van der Waals surface area (Å²) in [7, 11) is 1.64. The van der Waals surface area contributed by atoms with Gasteiger partial charge in [-0.3, -0.25) is 4.79 Å². The number of carbonyl (C=O) groups excluding carboxylic acids is 3. The van der Waals surface area contributed by atoms with Crippen molar-refractivity contribution >= 4 is 18.2 Å². The second kappa shape index (κ2) is 6.58. The summed E-state index contributed by atoms with van der Waals surface area (Å²) in [4.78, 5) is 36.9.